The Bertz CT molecular complexity index is 1390. The van der Waals surface area contributed by atoms with Crippen LogP contribution in [0.4, 0.5) is 14.6 Å². The maximum atomic E-state index is 14.2. The lowest BCUT2D eigenvalue weighted by Crippen LogP contribution is -2.42. The van der Waals surface area contributed by atoms with Crippen molar-refractivity contribution in [1.82, 2.24) is 9.88 Å². The van der Waals surface area contributed by atoms with Crippen LogP contribution in [0.3, 0.4) is 0 Å². The molecule has 39 heavy (non-hydrogen) atoms. The van der Waals surface area contributed by atoms with Crippen molar-refractivity contribution in [2.24, 2.45) is 5.92 Å². The zero-order chi connectivity index (χ0) is 28.9. The number of benzene rings is 2. The van der Waals surface area contributed by atoms with E-state index in [-0.39, 0.29) is 22.9 Å². The fourth-order valence-electron chi connectivity index (χ4n) is 4.14. The molecule has 208 valence electrons. The first-order chi connectivity index (χ1) is 18.3. The summed E-state index contributed by atoms with van der Waals surface area (Å²) < 4.78 is 34.2. The quantitative estimate of drug-likeness (QED) is 0.283. The molecule has 1 atom stereocenters. The van der Waals surface area contributed by atoms with Crippen molar-refractivity contribution in [2.45, 2.75) is 59.1 Å². The molecule has 0 amide bonds. The topological polar surface area (TPSA) is 103 Å². The second kappa shape index (κ2) is 12.3. The van der Waals surface area contributed by atoms with Gasteiger partial charge in [0.2, 0.25) is 0 Å². The second-order valence-electron chi connectivity index (χ2n) is 10.8. The van der Waals surface area contributed by atoms with E-state index in [0.29, 0.717) is 37.1 Å². The summed E-state index contributed by atoms with van der Waals surface area (Å²) in [6.45, 7) is 10.1. The normalized spacial score (nSPS) is 12.4. The van der Waals surface area contributed by atoms with Crippen LogP contribution >= 0.6 is 0 Å². The molecule has 3 N–H and O–H groups in total. The second-order valence-corrected chi connectivity index (χ2v) is 10.8. The molecular weight excluding hydrogens is 504 g/mol. The van der Waals surface area contributed by atoms with Gasteiger partial charge < -0.3 is 15.8 Å². The van der Waals surface area contributed by atoms with E-state index < -0.39 is 34.6 Å². The van der Waals surface area contributed by atoms with E-state index >= 15 is 0 Å². The van der Waals surface area contributed by atoms with E-state index in [9.17, 15) is 23.2 Å². The Balaban J connectivity index is 1.75. The number of pyridine rings is 1. The van der Waals surface area contributed by atoms with Crippen molar-refractivity contribution in [1.29, 1.82) is 0 Å². The molecule has 0 aliphatic rings. The molecule has 1 aromatic heterocycles. The smallest absolute Gasteiger partial charge is 0.323 e. The minimum atomic E-state index is -1.02. The highest BCUT2D eigenvalue weighted by Crippen LogP contribution is 2.21. The number of halogens is 2. The van der Waals surface area contributed by atoms with Crippen LogP contribution in [0.5, 0.6) is 0 Å². The Hall–Kier alpha value is -3.85. The van der Waals surface area contributed by atoms with Crippen LogP contribution in [0.15, 0.2) is 59.4 Å². The number of nitrogens with zero attached hydrogens (tertiary/aromatic N) is 1. The number of ketones is 1. The lowest BCUT2D eigenvalue weighted by atomic mass is 10.0. The average molecular weight is 540 g/mol. The van der Waals surface area contributed by atoms with Gasteiger partial charge in [-0.05, 0) is 82.0 Å². The van der Waals surface area contributed by atoms with Crippen molar-refractivity contribution in [2.75, 3.05) is 12.3 Å². The maximum Gasteiger partial charge on any atom is 0.323 e. The Morgan fingerprint density at radius 3 is 2.23 bits per heavy atom. The van der Waals surface area contributed by atoms with Crippen LogP contribution in [0.2, 0.25) is 0 Å². The lowest BCUT2D eigenvalue weighted by Gasteiger charge is -2.25. The summed E-state index contributed by atoms with van der Waals surface area (Å²) in [5, 5.41) is 3.29. The molecule has 2 aromatic carbocycles. The van der Waals surface area contributed by atoms with Gasteiger partial charge in [-0.3, -0.25) is 19.0 Å². The van der Waals surface area contributed by atoms with Crippen LogP contribution in [-0.2, 0) is 16.0 Å². The number of esters is 1. The molecule has 1 heterocycles. The molecular formula is C30H35F2N3O4. The number of ether oxygens (including phenoxy) is 1. The van der Waals surface area contributed by atoms with Crippen LogP contribution in [0, 0.1) is 17.6 Å². The van der Waals surface area contributed by atoms with Gasteiger partial charge in [-0.25, -0.2) is 8.78 Å². The summed E-state index contributed by atoms with van der Waals surface area (Å²) in [7, 11) is 0. The number of carbonyl (C=O) groups excluding carboxylic acids is 2. The number of nitrogen functional groups attached to an aromatic ring is 1. The lowest BCUT2D eigenvalue weighted by molar-refractivity contribution is -0.157. The van der Waals surface area contributed by atoms with Gasteiger partial charge in [0.1, 0.15) is 29.1 Å². The standard InChI is InChI=1S/C30H35F2N3O4/c1-18(2)16-25(29(38)39-30(3,4)5)34-15-14-19-6-9-21(10-7-19)35-26(36)13-12-23(28(35)33)27(37)22-11-8-20(31)17-24(22)32/h6-13,17-18,25,34H,14-16,33H2,1-5H3/t25-/m1/s1. The van der Waals surface area contributed by atoms with Gasteiger partial charge in [0, 0.05) is 12.1 Å². The fourth-order valence-corrected chi connectivity index (χ4v) is 4.14. The van der Waals surface area contributed by atoms with E-state index in [1.165, 1.54) is 12.1 Å². The molecule has 0 radical (unpaired) electrons. The van der Waals surface area contributed by atoms with Crippen LogP contribution in [-0.4, -0.2) is 34.5 Å². The van der Waals surface area contributed by atoms with Gasteiger partial charge in [-0.2, -0.15) is 0 Å². The Kier molecular flexibility index (Phi) is 9.40. The Labute approximate surface area is 227 Å². The molecule has 0 unspecified atom stereocenters. The molecule has 0 saturated carbocycles. The number of aromatic nitrogens is 1. The first-order valence-corrected chi connectivity index (χ1v) is 12.8. The van der Waals surface area contributed by atoms with E-state index in [4.69, 9.17) is 10.5 Å². The first-order valence-electron chi connectivity index (χ1n) is 12.8. The first kappa shape index (κ1) is 29.7. The maximum absolute atomic E-state index is 14.2. The summed E-state index contributed by atoms with van der Waals surface area (Å²) in [5.41, 5.74) is 6.10. The zero-order valence-corrected chi connectivity index (χ0v) is 22.9. The molecule has 0 fully saturated rings. The third-order valence-electron chi connectivity index (χ3n) is 5.95. The van der Waals surface area contributed by atoms with Gasteiger partial charge in [-0.1, -0.05) is 26.0 Å². The predicted molar refractivity (Wildman–Crippen MR) is 147 cm³/mol. The summed E-state index contributed by atoms with van der Waals surface area (Å²) >= 11 is 0. The summed E-state index contributed by atoms with van der Waals surface area (Å²) in [6.07, 6.45) is 1.26. The van der Waals surface area contributed by atoms with E-state index in [1.54, 1.807) is 12.1 Å². The molecule has 7 nitrogen and oxygen atoms in total. The highest BCUT2D eigenvalue weighted by Gasteiger charge is 2.25. The molecule has 0 spiro atoms. The highest BCUT2D eigenvalue weighted by molar-refractivity contribution is 6.11. The largest absolute Gasteiger partial charge is 0.459 e. The van der Waals surface area contributed by atoms with Crippen LogP contribution in [0.25, 0.3) is 5.69 Å². The number of hydrogen-bond acceptors (Lipinski definition) is 6. The molecule has 3 rings (SSSR count). The predicted octanol–water partition coefficient (Wildman–Crippen LogP) is 4.82. The molecule has 9 heteroatoms. The number of hydrogen-bond donors (Lipinski definition) is 2. The third kappa shape index (κ3) is 7.83. The molecule has 0 aliphatic carbocycles. The van der Waals surface area contributed by atoms with E-state index in [1.807, 2.05) is 46.8 Å². The van der Waals surface area contributed by atoms with Crippen molar-refractivity contribution in [3.05, 3.63) is 93.3 Å². The van der Waals surface area contributed by atoms with Gasteiger partial charge in [0.25, 0.3) is 5.56 Å². The number of carbonyl (C=O) groups is 2. The van der Waals surface area contributed by atoms with Crippen molar-refractivity contribution < 1.29 is 23.1 Å². The Morgan fingerprint density at radius 1 is 1.00 bits per heavy atom. The number of rotatable bonds is 10. The van der Waals surface area contributed by atoms with Crippen LogP contribution in [0.1, 0.15) is 62.5 Å². The van der Waals surface area contributed by atoms with E-state index in [2.05, 4.69) is 5.32 Å². The number of anilines is 1. The van der Waals surface area contributed by atoms with Gasteiger partial charge in [0.15, 0.2) is 5.78 Å². The van der Waals surface area contributed by atoms with Gasteiger partial charge in [0.05, 0.1) is 16.8 Å². The van der Waals surface area contributed by atoms with Gasteiger partial charge in [-0.15, -0.1) is 0 Å². The number of nitrogens with two attached hydrogens (primary N) is 1. The zero-order valence-electron chi connectivity index (χ0n) is 22.9. The third-order valence-corrected chi connectivity index (χ3v) is 5.95. The fraction of sp³-hybridized carbons (Fsp3) is 0.367. The summed E-state index contributed by atoms with van der Waals surface area (Å²) in [5.74, 6) is -2.71. The minimum absolute atomic E-state index is 0.0771. The Morgan fingerprint density at radius 2 is 1.64 bits per heavy atom. The van der Waals surface area contributed by atoms with Crippen molar-refractivity contribution >= 4 is 17.6 Å². The molecule has 0 saturated heterocycles. The number of nitrogens with one attached hydrogen (secondary N) is 1. The van der Waals surface area contributed by atoms with Crippen molar-refractivity contribution in [3.8, 4) is 5.69 Å². The van der Waals surface area contributed by atoms with Gasteiger partial charge >= 0.3 is 5.97 Å². The average Bonchev–Trinajstić information content (AvgIpc) is 2.83. The van der Waals surface area contributed by atoms with Crippen molar-refractivity contribution in [3.63, 3.8) is 0 Å². The minimum Gasteiger partial charge on any atom is -0.459 e. The summed E-state index contributed by atoms with van der Waals surface area (Å²) in [4.78, 5) is 38.2. The summed E-state index contributed by atoms with van der Waals surface area (Å²) in [6, 6.07) is 11.7. The highest BCUT2D eigenvalue weighted by atomic mass is 19.1. The SMILES string of the molecule is CC(C)C[C@@H](NCCc1ccc(-n2c(N)c(C(=O)c3ccc(F)cc3F)ccc2=O)cc1)C(=O)OC(C)(C)C. The monoisotopic (exact) mass is 539 g/mol. The molecule has 0 bridgehead atoms. The molecule has 0 aliphatic heterocycles. The molecule has 3 aromatic rings. The van der Waals surface area contributed by atoms with E-state index in [0.717, 1.165) is 22.3 Å². The van der Waals surface area contributed by atoms with Crippen LogP contribution < -0.4 is 16.6 Å².